The second-order valence-electron chi connectivity index (χ2n) is 14.4. The normalized spacial score (nSPS) is 26.8. The molecule has 0 saturated heterocycles. The van der Waals surface area contributed by atoms with Crippen molar-refractivity contribution in [2.75, 3.05) is 0 Å². The van der Waals surface area contributed by atoms with Gasteiger partial charge in [-0.3, -0.25) is 19.2 Å². The molecule has 0 aromatic heterocycles. The van der Waals surface area contributed by atoms with Gasteiger partial charge in [-0.15, -0.1) is 0 Å². The lowest BCUT2D eigenvalue weighted by molar-refractivity contribution is -0.135. The van der Waals surface area contributed by atoms with E-state index < -0.39 is 16.2 Å². The number of fused-ring (bicyclic) bond motifs is 3. The summed E-state index contributed by atoms with van der Waals surface area (Å²) >= 11 is 0. The summed E-state index contributed by atoms with van der Waals surface area (Å²) in [5.41, 5.74) is 6.23. The maximum Gasteiger partial charge on any atom is 0.315 e. The quantitative estimate of drug-likeness (QED) is 0.204. The number of hydrogen-bond donors (Lipinski definition) is 0. The van der Waals surface area contributed by atoms with E-state index in [1.165, 1.54) is 6.92 Å². The van der Waals surface area contributed by atoms with E-state index in [0.29, 0.717) is 41.7 Å². The molecule has 0 fully saturated rings. The predicted octanol–water partition coefficient (Wildman–Crippen LogP) is 7.93. The summed E-state index contributed by atoms with van der Waals surface area (Å²) in [5.74, 6) is -0.166. The van der Waals surface area contributed by atoms with Gasteiger partial charge in [-0.1, -0.05) is 62.6 Å². The van der Waals surface area contributed by atoms with Gasteiger partial charge in [-0.25, -0.2) is 0 Å². The molecule has 2 aromatic carbocycles. The first-order valence-corrected chi connectivity index (χ1v) is 15.4. The van der Waals surface area contributed by atoms with Crippen LogP contribution in [0.1, 0.15) is 112 Å². The number of aryl methyl sites for hydroxylation is 1. The van der Waals surface area contributed by atoms with Crippen molar-refractivity contribution in [2.45, 2.75) is 101 Å². The molecule has 5 rings (SSSR count). The van der Waals surface area contributed by atoms with E-state index in [-0.39, 0.29) is 35.7 Å². The maximum atomic E-state index is 14.8. The van der Waals surface area contributed by atoms with Crippen molar-refractivity contribution < 1.29 is 23.9 Å². The van der Waals surface area contributed by atoms with Gasteiger partial charge < -0.3 is 4.74 Å². The van der Waals surface area contributed by atoms with Crippen LogP contribution in [0, 0.1) is 30.1 Å². The van der Waals surface area contributed by atoms with Crippen LogP contribution in [0.2, 0.25) is 0 Å². The second kappa shape index (κ2) is 10.2. The Bertz CT molecular complexity index is 1670. The lowest BCUT2D eigenvalue weighted by Crippen LogP contribution is -2.57. The van der Waals surface area contributed by atoms with Crippen LogP contribution in [0.5, 0.6) is 5.75 Å². The fraction of sp³-hybridized carbons (Fsp3) is 0.474. The highest BCUT2D eigenvalue weighted by Gasteiger charge is 2.63. The standard InChI is InChI=1S/C38H44O5/c1-20(2)28-15-26(16-30(40)43-27-13-11-21(3)12-14-27)23(5)32-29(28)18-36(8)19-37(9)17-22(4)31(25(7)39)35(42)38(37,10)24(6)33(36)34(32)41/h11-15,20H,16-19H2,1-10H3. The number of hydrogen-bond acceptors (Lipinski definition) is 5. The van der Waals surface area contributed by atoms with Gasteiger partial charge in [0.15, 0.2) is 17.3 Å². The van der Waals surface area contributed by atoms with Gasteiger partial charge in [0.1, 0.15) is 5.75 Å². The fourth-order valence-corrected chi connectivity index (χ4v) is 8.69. The number of allylic oxidation sites excluding steroid dienone is 4. The Hall–Kier alpha value is -3.60. The molecule has 0 spiro atoms. The summed E-state index contributed by atoms with van der Waals surface area (Å²) < 4.78 is 5.65. The maximum absolute atomic E-state index is 14.8. The zero-order valence-corrected chi connectivity index (χ0v) is 27.3. The molecule has 3 aliphatic carbocycles. The lowest BCUT2D eigenvalue weighted by Gasteiger charge is -2.59. The first-order chi connectivity index (χ1) is 19.9. The molecule has 5 heteroatoms. The van der Waals surface area contributed by atoms with Crippen LogP contribution < -0.4 is 4.74 Å². The van der Waals surface area contributed by atoms with Gasteiger partial charge >= 0.3 is 5.97 Å². The highest BCUT2D eigenvalue weighted by atomic mass is 16.5. The monoisotopic (exact) mass is 580 g/mol. The van der Waals surface area contributed by atoms with Crippen molar-refractivity contribution in [3.8, 4) is 5.75 Å². The Morgan fingerprint density at radius 2 is 1.58 bits per heavy atom. The summed E-state index contributed by atoms with van der Waals surface area (Å²) in [5, 5.41) is 0. The number of rotatable bonds is 5. The summed E-state index contributed by atoms with van der Waals surface area (Å²) in [7, 11) is 0. The van der Waals surface area contributed by atoms with Crippen molar-refractivity contribution in [2.24, 2.45) is 16.2 Å². The number of esters is 1. The summed E-state index contributed by atoms with van der Waals surface area (Å²) in [6.07, 6.45) is 2.05. The third-order valence-corrected chi connectivity index (χ3v) is 10.9. The van der Waals surface area contributed by atoms with E-state index in [2.05, 4.69) is 33.8 Å². The van der Waals surface area contributed by atoms with Crippen LogP contribution in [0.15, 0.2) is 52.6 Å². The van der Waals surface area contributed by atoms with E-state index in [1.54, 1.807) is 12.1 Å². The van der Waals surface area contributed by atoms with Gasteiger partial charge in [0.25, 0.3) is 0 Å². The molecule has 3 unspecified atom stereocenters. The third kappa shape index (κ3) is 4.58. The number of Topliss-reactive ketones (excluding diaryl/α,β-unsaturated/α-hetero) is 3. The van der Waals surface area contributed by atoms with Crippen LogP contribution in [-0.2, 0) is 27.2 Å². The van der Waals surface area contributed by atoms with Gasteiger partial charge in [-0.2, -0.15) is 0 Å². The largest absolute Gasteiger partial charge is 0.426 e. The highest BCUT2D eigenvalue weighted by Crippen LogP contribution is 2.66. The molecule has 0 saturated carbocycles. The summed E-state index contributed by atoms with van der Waals surface area (Å²) in [6.45, 7) is 19.7. The summed E-state index contributed by atoms with van der Waals surface area (Å²) in [4.78, 5) is 54.6. The van der Waals surface area contributed by atoms with Crippen molar-refractivity contribution in [1.82, 2.24) is 0 Å². The van der Waals surface area contributed by atoms with Gasteiger partial charge in [0.2, 0.25) is 0 Å². The molecule has 0 aliphatic heterocycles. The van der Waals surface area contributed by atoms with E-state index >= 15 is 0 Å². The van der Waals surface area contributed by atoms with Crippen LogP contribution in [0.3, 0.4) is 0 Å². The third-order valence-electron chi connectivity index (χ3n) is 10.9. The first-order valence-electron chi connectivity index (χ1n) is 15.4. The smallest absolute Gasteiger partial charge is 0.315 e. The highest BCUT2D eigenvalue weighted by molar-refractivity contribution is 6.24. The van der Waals surface area contributed by atoms with E-state index in [9.17, 15) is 19.2 Å². The second-order valence-corrected chi connectivity index (χ2v) is 14.4. The van der Waals surface area contributed by atoms with E-state index in [1.807, 2.05) is 46.8 Å². The number of carbonyl (C=O) groups excluding carboxylic acids is 4. The number of benzene rings is 2. The van der Waals surface area contributed by atoms with Crippen molar-refractivity contribution in [3.63, 3.8) is 0 Å². The van der Waals surface area contributed by atoms with Crippen LogP contribution >= 0.6 is 0 Å². The zero-order chi connectivity index (χ0) is 31.8. The van der Waals surface area contributed by atoms with E-state index in [0.717, 1.165) is 39.0 Å². The predicted molar refractivity (Wildman–Crippen MR) is 168 cm³/mol. The zero-order valence-electron chi connectivity index (χ0n) is 27.3. The van der Waals surface area contributed by atoms with E-state index in [4.69, 9.17) is 4.74 Å². The Kier molecular flexibility index (Phi) is 7.35. The Balaban J connectivity index is 1.64. The minimum absolute atomic E-state index is 0.0512. The number of ether oxygens (including phenoxy) is 1. The fourth-order valence-electron chi connectivity index (χ4n) is 8.69. The number of ketones is 3. The lowest BCUT2D eigenvalue weighted by atomic mass is 9.42. The Morgan fingerprint density at radius 1 is 0.953 bits per heavy atom. The van der Waals surface area contributed by atoms with Crippen LogP contribution in [0.25, 0.3) is 0 Å². The molecule has 3 aliphatic rings. The first kappa shape index (κ1) is 30.8. The van der Waals surface area contributed by atoms with Gasteiger partial charge in [0, 0.05) is 16.6 Å². The molecular weight excluding hydrogens is 536 g/mol. The Labute approximate surface area is 255 Å². The van der Waals surface area contributed by atoms with Crippen molar-refractivity contribution in [3.05, 3.63) is 86.0 Å². The van der Waals surface area contributed by atoms with Gasteiger partial charge in [0.05, 0.1) is 17.4 Å². The molecule has 43 heavy (non-hydrogen) atoms. The minimum Gasteiger partial charge on any atom is -0.426 e. The topological polar surface area (TPSA) is 77.5 Å². The molecule has 5 nitrogen and oxygen atoms in total. The van der Waals surface area contributed by atoms with Crippen molar-refractivity contribution >= 4 is 23.3 Å². The molecule has 3 atom stereocenters. The minimum atomic E-state index is -0.959. The molecule has 0 bridgehead atoms. The summed E-state index contributed by atoms with van der Waals surface area (Å²) in [6, 6.07) is 9.46. The molecule has 0 heterocycles. The molecule has 0 amide bonds. The van der Waals surface area contributed by atoms with Crippen LogP contribution in [0.4, 0.5) is 0 Å². The van der Waals surface area contributed by atoms with Gasteiger partial charge in [-0.05, 0) is 107 Å². The average molecular weight is 581 g/mol. The molecule has 0 radical (unpaired) electrons. The number of carbonyl (C=O) groups is 4. The molecule has 2 aromatic rings. The van der Waals surface area contributed by atoms with Crippen molar-refractivity contribution in [1.29, 1.82) is 0 Å². The van der Waals surface area contributed by atoms with Crippen LogP contribution in [-0.4, -0.2) is 23.3 Å². The SMILES string of the molecule is CC(=O)C1=C(C)CC2(C)CC3(C)Cc4c(C(C)C)cc(CC(=O)Oc5ccc(C)cc5)c(C)c4C(=O)C3=C(C)C2(C)C1=O. The molecule has 0 N–H and O–H groups in total. The average Bonchev–Trinajstić information content (AvgIpc) is 2.88. The Morgan fingerprint density at radius 3 is 2.16 bits per heavy atom. The molecular formula is C38H44O5. The molecule has 226 valence electrons.